The molecule has 90 valence electrons. The third-order valence-corrected chi connectivity index (χ3v) is 3.56. The SMILES string of the molecule is CC1CCCCC1OCCNS(C)(=O)=O. The van der Waals surface area contributed by atoms with Gasteiger partial charge in [-0.3, -0.25) is 0 Å². The van der Waals surface area contributed by atoms with Crippen molar-refractivity contribution in [2.24, 2.45) is 5.92 Å². The van der Waals surface area contributed by atoms with Crippen LogP contribution >= 0.6 is 0 Å². The molecule has 0 bridgehead atoms. The molecule has 1 rings (SSSR count). The van der Waals surface area contributed by atoms with Crippen LogP contribution in [0.1, 0.15) is 32.6 Å². The number of nitrogens with one attached hydrogen (secondary N) is 1. The monoisotopic (exact) mass is 235 g/mol. The smallest absolute Gasteiger partial charge is 0.208 e. The summed E-state index contributed by atoms with van der Waals surface area (Å²) in [7, 11) is -3.07. The predicted octanol–water partition coefficient (Wildman–Crippen LogP) is 1.13. The van der Waals surface area contributed by atoms with E-state index in [9.17, 15) is 8.42 Å². The van der Waals surface area contributed by atoms with Crippen LogP contribution in [0.3, 0.4) is 0 Å². The van der Waals surface area contributed by atoms with Crippen LogP contribution in [0.5, 0.6) is 0 Å². The second-order valence-corrected chi connectivity index (χ2v) is 6.17. The summed E-state index contributed by atoms with van der Waals surface area (Å²) in [6.07, 6.45) is 6.34. The molecule has 1 aliphatic rings. The van der Waals surface area contributed by atoms with Gasteiger partial charge in [0.15, 0.2) is 0 Å². The molecule has 0 aromatic rings. The lowest BCUT2D eigenvalue weighted by Gasteiger charge is -2.28. The minimum absolute atomic E-state index is 0.320. The van der Waals surface area contributed by atoms with Gasteiger partial charge in [0.1, 0.15) is 0 Å². The Kier molecular flexibility index (Phi) is 5.02. The van der Waals surface area contributed by atoms with Crippen LogP contribution in [0.25, 0.3) is 0 Å². The average Bonchev–Trinajstić information content (AvgIpc) is 2.13. The summed E-state index contributed by atoms with van der Waals surface area (Å²) < 4.78 is 29.6. The van der Waals surface area contributed by atoms with Crippen molar-refractivity contribution < 1.29 is 13.2 Å². The van der Waals surface area contributed by atoms with Crippen molar-refractivity contribution in [1.29, 1.82) is 0 Å². The largest absolute Gasteiger partial charge is 0.377 e. The van der Waals surface area contributed by atoms with Gasteiger partial charge in [0, 0.05) is 6.54 Å². The van der Waals surface area contributed by atoms with Crippen molar-refractivity contribution in [3.8, 4) is 0 Å². The van der Waals surface area contributed by atoms with Gasteiger partial charge in [-0.15, -0.1) is 0 Å². The average molecular weight is 235 g/mol. The molecular weight excluding hydrogens is 214 g/mol. The van der Waals surface area contributed by atoms with Gasteiger partial charge in [-0.05, 0) is 18.8 Å². The highest BCUT2D eigenvalue weighted by Gasteiger charge is 2.21. The van der Waals surface area contributed by atoms with Gasteiger partial charge in [-0.1, -0.05) is 19.8 Å². The molecule has 4 nitrogen and oxygen atoms in total. The number of sulfonamides is 1. The Morgan fingerprint density at radius 3 is 2.60 bits per heavy atom. The molecule has 2 atom stereocenters. The zero-order chi connectivity index (χ0) is 11.3. The third-order valence-electron chi connectivity index (χ3n) is 2.83. The molecule has 1 aliphatic carbocycles. The minimum Gasteiger partial charge on any atom is -0.377 e. The van der Waals surface area contributed by atoms with Crippen LogP contribution in [0.2, 0.25) is 0 Å². The molecule has 1 fully saturated rings. The van der Waals surface area contributed by atoms with Gasteiger partial charge in [0.05, 0.1) is 19.0 Å². The van der Waals surface area contributed by atoms with Crippen molar-refractivity contribution in [2.45, 2.75) is 38.7 Å². The van der Waals surface area contributed by atoms with E-state index in [0.29, 0.717) is 25.2 Å². The molecule has 0 heterocycles. The van der Waals surface area contributed by atoms with Gasteiger partial charge in [-0.25, -0.2) is 13.1 Å². The first kappa shape index (κ1) is 12.9. The fourth-order valence-corrected chi connectivity index (χ4v) is 2.42. The normalized spacial score (nSPS) is 27.9. The lowest BCUT2D eigenvalue weighted by molar-refractivity contribution is -0.00175. The van der Waals surface area contributed by atoms with Crippen LogP contribution in [-0.4, -0.2) is 33.9 Å². The summed E-state index contributed by atoms with van der Waals surface area (Å²) in [5, 5.41) is 0. The van der Waals surface area contributed by atoms with Crippen LogP contribution in [0.15, 0.2) is 0 Å². The van der Waals surface area contributed by atoms with Gasteiger partial charge < -0.3 is 4.74 Å². The molecule has 0 amide bonds. The van der Waals surface area contributed by atoms with Crippen molar-refractivity contribution in [3.63, 3.8) is 0 Å². The number of ether oxygens (including phenoxy) is 1. The quantitative estimate of drug-likeness (QED) is 0.727. The third kappa shape index (κ3) is 5.49. The maximum absolute atomic E-state index is 10.8. The molecule has 0 saturated heterocycles. The van der Waals surface area contributed by atoms with E-state index in [0.717, 1.165) is 12.7 Å². The molecule has 0 spiro atoms. The molecule has 15 heavy (non-hydrogen) atoms. The minimum atomic E-state index is -3.07. The highest BCUT2D eigenvalue weighted by Crippen LogP contribution is 2.25. The van der Waals surface area contributed by atoms with Crippen molar-refractivity contribution >= 4 is 10.0 Å². The highest BCUT2D eigenvalue weighted by atomic mass is 32.2. The van der Waals surface area contributed by atoms with Gasteiger partial charge in [-0.2, -0.15) is 0 Å². The first-order valence-electron chi connectivity index (χ1n) is 5.55. The molecule has 2 unspecified atom stereocenters. The van der Waals surface area contributed by atoms with Crippen molar-refractivity contribution in [3.05, 3.63) is 0 Å². The lowest BCUT2D eigenvalue weighted by Crippen LogP contribution is -2.31. The lowest BCUT2D eigenvalue weighted by atomic mass is 9.88. The number of hydrogen-bond donors (Lipinski definition) is 1. The predicted molar refractivity (Wildman–Crippen MR) is 60.2 cm³/mol. The van der Waals surface area contributed by atoms with E-state index in [4.69, 9.17) is 4.74 Å². The second kappa shape index (κ2) is 5.82. The molecular formula is C10H21NO3S. The Labute approximate surface area is 92.4 Å². The Morgan fingerprint density at radius 2 is 2.00 bits per heavy atom. The molecule has 0 radical (unpaired) electrons. The van der Waals surface area contributed by atoms with E-state index < -0.39 is 10.0 Å². The van der Waals surface area contributed by atoms with E-state index in [2.05, 4.69) is 11.6 Å². The topological polar surface area (TPSA) is 55.4 Å². The fourth-order valence-electron chi connectivity index (χ4n) is 1.97. The number of rotatable bonds is 5. The molecule has 1 N–H and O–H groups in total. The molecule has 0 aliphatic heterocycles. The van der Waals surface area contributed by atoms with Crippen molar-refractivity contribution in [2.75, 3.05) is 19.4 Å². The summed E-state index contributed by atoms with van der Waals surface area (Å²) in [6.45, 7) is 3.05. The fraction of sp³-hybridized carbons (Fsp3) is 1.00. The summed E-state index contributed by atoms with van der Waals surface area (Å²) >= 11 is 0. The molecule has 0 aromatic carbocycles. The van der Waals surface area contributed by atoms with E-state index in [1.54, 1.807) is 0 Å². The number of hydrogen-bond acceptors (Lipinski definition) is 3. The maximum Gasteiger partial charge on any atom is 0.208 e. The van der Waals surface area contributed by atoms with E-state index in [1.165, 1.54) is 19.3 Å². The molecule has 5 heteroatoms. The summed E-state index contributed by atoms with van der Waals surface area (Å²) in [6, 6.07) is 0. The van der Waals surface area contributed by atoms with Crippen LogP contribution in [0.4, 0.5) is 0 Å². The zero-order valence-corrected chi connectivity index (χ0v) is 10.3. The van der Waals surface area contributed by atoms with Crippen LogP contribution < -0.4 is 4.72 Å². The standard InChI is InChI=1S/C10H21NO3S/c1-9-5-3-4-6-10(9)14-8-7-11-15(2,12)13/h9-11H,3-8H2,1-2H3. The Morgan fingerprint density at radius 1 is 1.33 bits per heavy atom. The summed E-state index contributed by atoms with van der Waals surface area (Å²) in [5.74, 6) is 0.608. The second-order valence-electron chi connectivity index (χ2n) is 4.34. The molecule has 1 saturated carbocycles. The van der Waals surface area contributed by atoms with Crippen LogP contribution in [0, 0.1) is 5.92 Å². The van der Waals surface area contributed by atoms with Gasteiger partial charge in [0.25, 0.3) is 0 Å². The maximum atomic E-state index is 10.8. The Bertz CT molecular complexity index is 276. The van der Waals surface area contributed by atoms with Gasteiger partial charge >= 0.3 is 0 Å². The van der Waals surface area contributed by atoms with E-state index >= 15 is 0 Å². The highest BCUT2D eigenvalue weighted by molar-refractivity contribution is 7.88. The summed E-state index contributed by atoms with van der Waals surface area (Å²) in [5.41, 5.74) is 0. The van der Waals surface area contributed by atoms with Gasteiger partial charge in [0.2, 0.25) is 10.0 Å². The first-order valence-corrected chi connectivity index (χ1v) is 7.44. The Hall–Kier alpha value is -0.130. The van der Waals surface area contributed by atoms with E-state index in [-0.39, 0.29) is 0 Å². The van der Waals surface area contributed by atoms with Crippen LogP contribution in [-0.2, 0) is 14.8 Å². The van der Waals surface area contributed by atoms with Crippen molar-refractivity contribution in [1.82, 2.24) is 4.72 Å². The first-order chi connectivity index (χ1) is 6.99. The van der Waals surface area contributed by atoms with E-state index in [1.807, 2.05) is 0 Å². The molecule has 0 aromatic heterocycles. The zero-order valence-electron chi connectivity index (χ0n) is 9.53. The Balaban J connectivity index is 2.14. The summed E-state index contributed by atoms with van der Waals surface area (Å²) in [4.78, 5) is 0.